The summed E-state index contributed by atoms with van der Waals surface area (Å²) in [7, 11) is 0. The average Bonchev–Trinajstić information content (AvgIpc) is 3.25. The van der Waals surface area contributed by atoms with Gasteiger partial charge in [-0.05, 0) is 38.6 Å². The molecule has 23 heavy (non-hydrogen) atoms. The highest BCUT2D eigenvalue weighted by atomic mass is 32.1. The normalized spacial score (nSPS) is 11.5. The maximum atomic E-state index is 5.86. The third-order valence-corrected chi connectivity index (χ3v) is 4.86. The molecule has 0 N–H and O–H groups in total. The van der Waals surface area contributed by atoms with E-state index in [1.807, 2.05) is 30.1 Å². The van der Waals surface area contributed by atoms with Gasteiger partial charge in [0.25, 0.3) is 0 Å². The lowest BCUT2D eigenvalue weighted by molar-refractivity contribution is 0.259. The van der Waals surface area contributed by atoms with Gasteiger partial charge >= 0.3 is 0 Å². The van der Waals surface area contributed by atoms with Crippen molar-refractivity contribution >= 4 is 11.3 Å². The third kappa shape index (κ3) is 3.89. The fourth-order valence-corrected chi connectivity index (χ4v) is 3.26. The minimum atomic E-state index is 0.735. The second-order valence-electron chi connectivity index (χ2n) is 5.57. The number of aryl methyl sites for hydroxylation is 2. The predicted octanol–water partition coefficient (Wildman–Crippen LogP) is 3.74. The number of hydrogen-bond acceptors (Lipinski definition) is 5. The molecule has 3 heterocycles. The van der Waals surface area contributed by atoms with Crippen LogP contribution in [0.3, 0.4) is 0 Å². The van der Waals surface area contributed by atoms with Crippen molar-refractivity contribution in [2.24, 2.45) is 0 Å². The minimum Gasteiger partial charge on any atom is -0.440 e. The first-order valence-corrected chi connectivity index (χ1v) is 8.70. The first-order valence-electron chi connectivity index (χ1n) is 7.88. The van der Waals surface area contributed by atoms with Crippen molar-refractivity contribution in [2.45, 2.75) is 33.9 Å². The van der Waals surface area contributed by atoms with Crippen LogP contribution in [-0.2, 0) is 13.1 Å². The molecule has 5 nitrogen and oxygen atoms in total. The molecule has 0 bridgehead atoms. The number of rotatable bonds is 7. The lowest BCUT2D eigenvalue weighted by Crippen LogP contribution is -2.27. The molecule has 3 aromatic heterocycles. The molecule has 3 aromatic rings. The van der Waals surface area contributed by atoms with Crippen LogP contribution in [0.15, 0.2) is 35.0 Å². The van der Waals surface area contributed by atoms with Crippen LogP contribution in [0.5, 0.6) is 0 Å². The molecule has 0 unspecified atom stereocenters. The Hall–Kier alpha value is -1.92. The van der Waals surface area contributed by atoms with Crippen LogP contribution in [-0.4, -0.2) is 32.8 Å². The molecule has 3 rings (SSSR count). The van der Waals surface area contributed by atoms with E-state index in [1.165, 1.54) is 4.88 Å². The van der Waals surface area contributed by atoms with Crippen molar-refractivity contribution in [3.05, 3.63) is 46.9 Å². The smallest absolute Gasteiger partial charge is 0.236 e. The van der Waals surface area contributed by atoms with E-state index in [9.17, 15) is 0 Å². The van der Waals surface area contributed by atoms with E-state index in [-0.39, 0.29) is 0 Å². The Morgan fingerprint density at radius 2 is 2.17 bits per heavy atom. The van der Waals surface area contributed by atoms with Crippen molar-refractivity contribution in [3.63, 3.8) is 0 Å². The van der Waals surface area contributed by atoms with E-state index in [4.69, 9.17) is 9.40 Å². The van der Waals surface area contributed by atoms with Crippen molar-refractivity contribution in [1.29, 1.82) is 0 Å². The van der Waals surface area contributed by atoms with E-state index in [2.05, 4.69) is 36.0 Å². The maximum Gasteiger partial charge on any atom is 0.236 e. The van der Waals surface area contributed by atoms with Gasteiger partial charge in [-0.25, -0.2) is 4.98 Å². The van der Waals surface area contributed by atoms with E-state index < -0.39 is 0 Å². The van der Waals surface area contributed by atoms with Gasteiger partial charge in [0.1, 0.15) is 5.76 Å². The summed E-state index contributed by atoms with van der Waals surface area (Å²) in [6.45, 7) is 9.86. The van der Waals surface area contributed by atoms with Crippen LogP contribution >= 0.6 is 11.3 Å². The fraction of sp³-hybridized carbons (Fsp3) is 0.412. The molecular formula is C17H22N4OS. The van der Waals surface area contributed by atoms with Gasteiger partial charge in [-0.3, -0.25) is 9.58 Å². The van der Waals surface area contributed by atoms with Gasteiger partial charge in [-0.15, -0.1) is 11.3 Å². The summed E-state index contributed by atoms with van der Waals surface area (Å²) in [4.78, 5) is 9.43. The van der Waals surface area contributed by atoms with Gasteiger partial charge in [0.15, 0.2) is 0 Å². The average molecular weight is 330 g/mol. The van der Waals surface area contributed by atoms with Gasteiger partial charge in [-0.1, -0.05) is 6.92 Å². The van der Waals surface area contributed by atoms with Crippen LogP contribution in [0.1, 0.15) is 23.3 Å². The highest BCUT2D eigenvalue weighted by molar-refractivity contribution is 7.15. The zero-order valence-corrected chi connectivity index (χ0v) is 14.6. The molecule has 0 aliphatic rings. The minimum absolute atomic E-state index is 0.735. The summed E-state index contributed by atoms with van der Waals surface area (Å²) in [5, 5.41) is 4.25. The van der Waals surface area contributed by atoms with E-state index in [1.54, 1.807) is 11.3 Å². The molecular weight excluding hydrogens is 308 g/mol. The summed E-state index contributed by atoms with van der Waals surface area (Å²) < 4.78 is 7.82. The molecule has 0 fully saturated rings. The summed E-state index contributed by atoms with van der Waals surface area (Å²) in [5.41, 5.74) is 1.02. The second kappa shape index (κ2) is 7.10. The van der Waals surface area contributed by atoms with E-state index in [0.717, 1.165) is 48.4 Å². The highest BCUT2D eigenvalue weighted by Crippen LogP contribution is 2.28. The molecule has 0 saturated carbocycles. The number of thiophene rings is 1. The molecule has 0 spiro atoms. The summed E-state index contributed by atoms with van der Waals surface area (Å²) >= 11 is 1.71. The van der Waals surface area contributed by atoms with Crippen LogP contribution in [0.2, 0.25) is 0 Å². The number of aromatic nitrogens is 3. The molecule has 6 heteroatoms. The monoisotopic (exact) mass is 330 g/mol. The number of oxazole rings is 1. The lowest BCUT2D eigenvalue weighted by atomic mass is 10.3. The van der Waals surface area contributed by atoms with Gasteiger partial charge in [-0.2, -0.15) is 5.10 Å². The van der Waals surface area contributed by atoms with E-state index >= 15 is 0 Å². The molecule has 0 atom stereocenters. The number of likely N-dealkylation sites (N-methyl/N-ethyl adjacent to an activating group) is 1. The molecule has 0 saturated heterocycles. The second-order valence-corrected chi connectivity index (χ2v) is 6.86. The zero-order chi connectivity index (χ0) is 16.2. The largest absolute Gasteiger partial charge is 0.440 e. The van der Waals surface area contributed by atoms with E-state index in [0.29, 0.717) is 0 Å². The Bertz CT molecular complexity index is 745. The first-order chi connectivity index (χ1) is 11.2. The van der Waals surface area contributed by atoms with Gasteiger partial charge in [0.2, 0.25) is 5.89 Å². The Morgan fingerprint density at radius 1 is 1.30 bits per heavy atom. The number of hydrogen-bond donors (Lipinski definition) is 0. The van der Waals surface area contributed by atoms with Gasteiger partial charge in [0.05, 0.1) is 17.1 Å². The fourth-order valence-electron chi connectivity index (χ4n) is 2.47. The molecule has 0 aliphatic carbocycles. The molecule has 122 valence electrons. The topological polar surface area (TPSA) is 47.1 Å². The molecule has 0 aromatic carbocycles. The first kappa shape index (κ1) is 16.0. The van der Waals surface area contributed by atoms with Crippen molar-refractivity contribution in [3.8, 4) is 10.8 Å². The standard InChI is InChI=1S/C17H22N4OS/c1-4-20(10-11-21-9-5-8-18-21)12-15-14(3)22-17(19-15)16-7-6-13(2)23-16/h5-9H,4,10-12H2,1-3H3. The van der Waals surface area contributed by atoms with Crippen LogP contribution < -0.4 is 0 Å². The number of nitrogens with zero attached hydrogens (tertiary/aromatic N) is 4. The van der Waals surface area contributed by atoms with Crippen LogP contribution in [0, 0.1) is 13.8 Å². The molecule has 0 amide bonds. The van der Waals surface area contributed by atoms with Crippen LogP contribution in [0.25, 0.3) is 10.8 Å². The lowest BCUT2D eigenvalue weighted by Gasteiger charge is -2.19. The molecule has 0 radical (unpaired) electrons. The predicted molar refractivity (Wildman–Crippen MR) is 92.5 cm³/mol. The third-order valence-electron chi connectivity index (χ3n) is 3.87. The summed E-state index contributed by atoms with van der Waals surface area (Å²) in [6.07, 6.45) is 3.81. The Morgan fingerprint density at radius 3 is 2.83 bits per heavy atom. The van der Waals surface area contributed by atoms with Crippen molar-refractivity contribution in [1.82, 2.24) is 19.7 Å². The SMILES string of the molecule is CCN(CCn1cccn1)Cc1nc(-c2ccc(C)s2)oc1C. The Labute approximate surface area is 140 Å². The highest BCUT2D eigenvalue weighted by Gasteiger charge is 2.15. The Balaban J connectivity index is 1.67. The quantitative estimate of drug-likeness (QED) is 0.662. The summed E-state index contributed by atoms with van der Waals surface area (Å²) in [6, 6.07) is 6.12. The van der Waals surface area contributed by atoms with Gasteiger partial charge in [0, 0.05) is 30.4 Å². The van der Waals surface area contributed by atoms with Crippen molar-refractivity contribution < 1.29 is 4.42 Å². The van der Waals surface area contributed by atoms with Crippen LogP contribution in [0.4, 0.5) is 0 Å². The zero-order valence-electron chi connectivity index (χ0n) is 13.8. The van der Waals surface area contributed by atoms with Crippen molar-refractivity contribution in [2.75, 3.05) is 13.1 Å². The molecule has 0 aliphatic heterocycles. The Kier molecular flexibility index (Phi) is 4.93. The summed E-state index contributed by atoms with van der Waals surface area (Å²) in [5.74, 6) is 1.64. The maximum absolute atomic E-state index is 5.86. The van der Waals surface area contributed by atoms with Gasteiger partial charge < -0.3 is 4.42 Å².